The number of hydrogen-bond acceptors (Lipinski definition) is 4. The number of piperazine rings is 1. The van der Waals surface area contributed by atoms with Crippen LogP contribution in [0.1, 0.15) is 35.9 Å². The van der Waals surface area contributed by atoms with Crippen molar-refractivity contribution in [3.63, 3.8) is 0 Å². The third-order valence-electron chi connectivity index (χ3n) is 4.54. The number of hydrogen-bond donors (Lipinski definition) is 1. The second-order valence-electron chi connectivity index (χ2n) is 5.80. The van der Waals surface area contributed by atoms with Crippen molar-refractivity contribution in [2.24, 2.45) is 0 Å². The lowest BCUT2D eigenvalue weighted by molar-refractivity contribution is 0.0136. The molecule has 1 aromatic rings. The summed E-state index contributed by atoms with van der Waals surface area (Å²) >= 11 is 0. The smallest absolute Gasteiger partial charge is 0.274 e. The predicted octanol–water partition coefficient (Wildman–Crippen LogP) is 0.909. The van der Waals surface area contributed by atoms with Crippen molar-refractivity contribution < 1.29 is 9.53 Å². The number of ether oxygens (including phenoxy) is 1. The van der Waals surface area contributed by atoms with E-state index in [0.717, 1.165) is 64.3 Å². The van der Waals surface area contributed by atoms with Crippen molar-refractivity contribution in [3.05, 3.63) is 17.5 Å². The molecule has 6 nitrogen and oxygen atoms in total. The van der Waals surface area contributed by atoms with E-state index >= 15 is 0 Å². The molecule has 2 aliphatic rings. The van der Waals surface area contributed by atoms with Crippen LogP contribution in [0.4, 0.5) is 0 Å². The maximum atomic E-state index is 12.4. The van der Waals surface area contributed by atoms with E-state index in [1.165, 1.54) is 0 Å². The van der Waals surface area contributed by atoms with Gasteiger partial charge in [0, 0.05) is 51.1 Å². The monoisotopic (exact) mass is 292 g/mol. The summed E-state index contributed by atoms with van der Waals surface area (Å²) in [4.78, 5) is 16.8. The van der Waals surface area contributed by atoms with Crippen LogP contribution in [-0.2, 0) is 11.2 Å². The number of aromatic amines is 1. The van der Waals surface area contributed by atoms with Crippen LogP contribution < -0.4 is 0 Å². The van der Waals surface area contributed by atoms with Crippen LogP contribution in [0.15, 0.2) is 6.07 Å². The fraction of sp³-hybridized carbons (Fsp3) is 0.733. The summed E-state index contributed by atoms with van der Waals surface area (Å²) in [5, 5.41) is 7.04. The fourth-order valence-electron chi connectivity index (χ4n) is 3.15. The number of nitrogens with zero attached hydrogens (tertiary/aromatic N) is 3. The molecule has 1 aromatic heterocycles. The minimum absolute atomic E-state index is 0.0533. The fourth-order valence-corrected chi connectivity index (χ4v) is 3.15. The van der Waals surface area contributed by atoms with Crippen LogP contribution in [0.25, 0.3) is 0 Å². The number of aromatic nitrogens is 2. The molecule has 1 N–H and O–H groups in total. The third-order valence-corrected chi connectivity index (χ3v) is 4.54. The Morgan fingerprint density at radius 2 is 2.05 bits per heavy atom. The standard InChI is InChI=1S/C15H24N4O2/c1-2-12-11-14(17-16-12)15(20)19-7-5-18(6-8-19)13-3-9-21-10-4-13/h11,13H,2-10H2,1H3,(H,16,17). The normalized spacial score (nSPS) is 21.7. The maximum absolute atomic E-state index is 12.4. The minimum atomic E-state index is 0.0533. The van der Waals surface area contributed by atoms with E-state index in [0.29, 0.717) is 11.7 Å². The molecule has 0 radical (unpaired) electrons. The molecule has 0 bridgehead atoms. The largest absolute Gasteiger partial charge is 0.381 e. The minimum Gasteiger partial charge on any atom is -0.381 e. The van der Waals surface area contributed by atoms with Crippen LogP contribution >= 0.6 is 0 Å². The Bertz CT molecular complexity index is 474. The van der Waals surface area contributed by atoms with E-state index in [4.69, 9.17) is 4.74 Å². The molecule has 2 aliphatic heterocycles. The lowest BCUT2D eigenvalue weighted by Crippen LogP contribution is -2.53. The summed E-state index contributed by atoms with van der Waals surface area (Å²) in [6.07, 6.45) is 3.11. The van der Waals surface area contributed by atoms with Gasteiger partial charge in [0.2, 0.25) is 0 Å². The Hall–Kier alpha value is -1.40. The van der Waals surface area contributed by atoms with Crippen molar-refractivity contribution in [1.29, 1.82) is 0 Å². The van der Waals surface area contributed by atoms with Crippen molar-refractivity contribution in [2.45, 2.75) is 32.2 Å². The Morgan fingerprint density at radius 1 is 1.33 bits per heavy atom. The Morgan fingerprint density at radius 3 is 2.67 bits per heavy atom. The molecule has 3 heterocycles. The van der Waals surface area contributed by atoms with Crippen molar-refractivity contribution >= 4 is 5.91 Å². The summed E-state index contributed by atoms with van der Waals surface area (Å²) in [7, 11) is 0. The molecule has 2 fully saturated rings. The van der Waals surface area contributed by atoms with Gasteiger partial charge in [-0.1, -0.05) is 6.92 Å². The van der Waals surface area contributed by atoms with Crippen molar-refractivity contribution in [3.8, 4) is 0 Å². The van der Waals surface area contributed by atoms with Gasteiger partial charge in [-0.25, -0.2) is 0 Å². The molecule has 0 atom stereocenters. The Kier molecular flexibility index (Phi) is 4.55. The number of amides is 1. The second kappa shape index (κ2) is 6.58. The van der Waals surface area contributed by atoms with Gasteiger partial charge in [-0.2, -0.15) is 5.10 Å². The summed E-state index contributed by atoms with van der Waals surface area (Å²) in [5.74, 6) is 0.0533. The molecule has 0 spiro atoms. The lowest BCUT2D eigenvalue weighted by Gasteiger charge is -2.40. The highest BCUT2D eigenvalue weighted by Gasteiger charge is 2.28. The van der Waals surface area contributed by atoms with Gasteiger partial charge in [0.25, 0.3) is 5.91 Å². The predicted molar refractivity (Wildman–Crippen MR) is 79.3 cm³/mol. The zero-order valence-corrected chi connectivity index (χ0v) is 12.7. The summed E-state index contributed by atoms with van der Waals surface area (Å²) in [6.45, 7) is 7.31. The van der Waals surface area contributed by atoms with Crippen LogP contribution in [-0.4, -0.2) is 71.3 Å². The first kappa shape index (κ1) is 14.5. The van der Waals surface area contributed by atoms with Crippen molar-refractivity contribution in [1.82, 2.24) is 20.0 Å². The lowest BCUT2D eigenvalue weighted by atomic mass is 10.1. The maximum Gasteiger partial charge on any atom is 0.274 e. The van der Waals surface area contributed by atoms with E-state index in [1.807, 2.05) is 11.0 Å². The average molecular weight is 292 g/mol. The number of carbonyl (C=O) groups excluding carboxylic acids is 1. The van der Waals surface area contributed by atoms with Crippen molar-refractivity contribution in [2.75, 3.05) is 39.4 Å². The highest BCUT2D eigenvalue weighted by Crippen LogP contribution is 2.17. The summed E-state index contributed by atoms with van der Waals surface area (Å²) < 4.78 is 5.42. The topological polar surface area (TPSA) is 61.5 Å². The van der Waals surface area contributed by atoms with Gasteiger partial charge in [-0.05, 0) is 25.3 Å². The number of rotatable bonds is 3. The SMILES string of the molecule is CCc1cc(C(=O)N2CCN(C3CCOCC3)CC2)n[nH]1. The zero-order valence-electron chi connectivity index (χ0n) is 12.7. The Balaban J connectivity index is 1.53. The molecular weight excluding hydrogens is 268 g/mol. The highest BCUT2D eigenvalue weighted by molar-refractivity contribution is 5.92. The molecule has 2 saturated heterocycles. The molecular formula is C15H24N4O2. The van der Waals surface area contributed by atoms with Gasteiger partial charge in [-0.3, -0.25) is 14.8 Å². The average Bonchev–Trinajstić information content (AvgIpc) is 3.04. The molecule has 0 aliphatic carbocycles. The van der Waals surface area contributed by atoms with E-state index in [2.05, 4.69) is 22.0 Å². The number of aryl methyl sites for hydroxylation is 1. The van der Waals surface area contributed by atoms with Crippen LogP contribution in [0.5, 0.6) is 0 Å². The van der Waals surface area contributed by atoms with Crippen LogP contribution in [0.3, 0.4) is 0 Å². The van der Waals surface area contributed by atoms with Gasteiger partial charge in [0.05, 0.1) is 0 Å². The molecule has 6 heteroatoms. The molecule has 0 aromatic carbocycles. The number of nitrogens with one attached hydrogen (secondary N) is 1. The van der Waals surface area contributed by atoms with Crippen LogP contribution in [0.2, 0.25) is 0 Å². The molecule has 1 amide bonds. The van der Waals surface area contributed by atoms with E-state index < -0.39 is 0 Å². The van der Waals surface area contributed by atoms with Crippen LogP contribution in [0, 0.1) is 0 Å². The summed E-state index contributed by atoms with van der Waals surface area (Å²) in [6, 6.07) is 2.50. The van der Waals surface area contributed by atoms with Gasteiger partial charge < -0.3 is 9.64 Å². The Labute approximate surface area is 125 Å². The van der Waals surface area contributed by atoms with E-state index in [-0.39, 0.29) is 5.91 Å². The molecule has 21 heavy (non-hydrogen) atoms. The van der Waals surface area contributed by atoms with Gasteiger partial charge in [0.15, 0.2) is 0 Å². The molecule has 0 unspecified atom stereocenters. The molecule has 3 rings (SSSR count). The number of H-pyrrole nitrogens is 1. The van der Waals surface area contributed by atoms with E-state index in [9.17, 15) is 4.79 Å². The second-order valence-corrected chi connectivity index (χ2v) is 5.80. The van der Waals surface area contributed by atoms with Gasteiger partial charge in [0.1, 0.15) is 5.69 Å². The highest BCUT2D eigenvalue weighted by atomic mass is 16.5. The number of carbonyl (C=O) groups is 1. The third kappa shape index (κ3) is 3.27. The van der Waals surface area contributed by atoms with Gasteiger partial charge in [-0.15, -0.1) is 0 Å². The van der Waals surface area contributed by atoms with E-state index in [1.54, 1.807) is 0 Å². The molecule has 0 saturated carbocycles. The first-order valence-electron chi connectivity index (χ1n) is 7.93. The first-order valence-corrected chi connectivity index (χ1v) is 7.93. The molecule has 116 valence electrons. The summed E-state index contributed by atoms with van der Waals surface area (Å²) in [5.41, 5.74) is 1.56. The first-order chi connectivity index (χ1) is 10.3. The zero-order chi connectivity index (χ0) is 14.7. The van der Waals surface area contributed by atoms with Gasteiger partial charge >= 0.3 is 0 Å². The quantitative estimate of drug-likeness (QED) is 0.899.